The van der Waals surface area contributed by atoms with Crippen LogP contribution in [-0.4, -0.2) is 83.9 Å². The van der Waals surface area contributed by atoms with Gasteiger partial charge in [-0.25, -0.2) is 23.3 Å². The molecule has 19 nitrogen and oxygen atoms in total. The number of hydrogen-bond donors (Lipinski definition) is 1. The first-order valence-electron chi connectivity index (χ1n) is 14.3. The second-order valence-corrected chi connectivity index (χ2v) is 14.2. The van der Waals surface area contributed by atoms with Crippen molar-refractivity contribution in [3.05, 3.63) is 103 Å². The quantitative estimate of drug-likeness (QED) is 0.0440. The fraction of sp³-hybridized carbons (Fsp3) is 0.429. The maximum atomic E-state index is 8.36. The first-order chi connectivity index (χ1) is 27.1. The number of hydrogen-bond acceptors (Lipinski definition) is 12. The number of nitrogens with zero attached hydrogens (tertiary/aromatic N) is 12. The molecule has 0 unspecified atom stereocenters. The maximum absolute atomic E-state index is 8.36. The number of halogens is 13. The van der Waals surface area contributed by atoms with Crippen molar-refractivity contribution in [3.63, 3.8) is 0 Å². The topological polar surface area (TPSA) is 213 Å². The molecule has 2 aromatic heterocycles. The number of aromatic nitrogens is 4. The monoisotopic (exact) mass is 1630 g/mol. The summed E-state index contributed by atoms with van der Waals surface area (Å²) in [7, 11) is 14.7. The van der Waals surface area contributed by atoms with Crippen molar-refractivity contribution in [2.24, 2.45) is 33.2 Å². The molecule has 0 aromatic carbocycles. The van der Waals surface area contributed by atoms with Gasteiger partial charge in [-0.3, -0.25) is 0 Å². The van der Waals surface area contributed by atoms with Crippen LogP contribution in [0.4, 0.5) is 0 Å². The van der Waals surface area contributed by atoms with Gasteiger partial charge in [0.25, 0.3) is 25.7 Å². The molecule has 0 fully saturated rings. The van der Waals surface area contributed by atoms with Gasteiger partial charge in [-0.05, 0) is 74.6 Å². The molecular formula is C28H41Ag4Cl12IN12O7-2. The molecule has 0 amide bonds. The summed E-state index contributed by atoms with van der Waals surface area (Å²) in [6.45, 7) is 5.05. The predicted molar refractivity (Wildman–Crippen MR) is 237 cm³/mol. The van der Waals surface area contributed by atoms with Crippen LogP contribution in [0.5, 0.6) is 0 Å². The molecule has 3 aliphatic heterocycles. The van der Waals surface area contributed by atoms with Gasteiger partial charge in [-0.15, -0.1) is 33.3 Å². The van der Waals surface area contributed by atoms with Gasteiger partial charge >= 0.3 is 24.3 Å². The molecule has 0 saturated heterocycles. The standard InChI is InChI=1S/4C5H7Cl2N2.C4H3Cl2N.C2H3N.CH2Cl2.CH4.4Ag.HI.HNO3.NO3.O/c4*1-8-3-9(2)5(7)4(8)6;5-3-1-2-7-4(3)6;1-2-3;2-1-3;;;;;;;2*2-1(3)4;/h4*3H,1-2H3;2H,1H2;1H3;1H2;1H4;;;;;1H;(H,2,3,4);;/q2*-1;2*+1;;;;;;;;;;;-1;/p-1. The van der Waals surface area contributed by atoms with Crippen LogP contribution in [0, 0.1) is 50.1 Å². The fourth-order valence-electron chi connectivity index (χ4n) is 2.97. The second kappa shape index (κ2) is 52.2. The minimum absolute atomic E-state index is 0. The van der Waals surface area contributed by atoms with Crippen LogP contribution in [-0.2, 0) is 120 Å². The molecule has 0 atom stereocenters. The normalized spacial score (nSPS) is 11.8. The van der Waals surface area contributed by atoms with Crippen molar-refractivity contribution in [3.8, 4) is 6.07 Å². The summed E-state index contributed by atoms with van der Waals surface area (Å²) in [6, 6.07) is 1.75. The van der Waals surface area contributed by atoms with Crippen molar-refractivity contribution in [1.29, 1.82) is 5.26 Å². The SMILES string of the molecule is C.CC#N.CN1[CH-]N(C)C(Cl)=C1Cl.CN1[CH-]N(C)C(Cl)=C1Cl.ClC1=C(Cl)N=CC1.ClCCl.Cn1c[n+](C)c(Cl)c1Cl.Cn1c[n+](C)c(Cl)c1Cl.O=[N+]([O-])O.O=[N+]([O-])[O-].[Ag].[Ag].[Ag].[I-].[O]=[Ag]. The third-order valence-electron chi connectivity index (χ3n) is 5.24. The molecule has 392 valence electrons. The van der Waals surface area contributed by atoms with Crippen LogP contribution >= 0.6 is 139 Å². The molecule has 5 rings (SSSR count). The molecule has 3 radical (unpaired) electrons. The molecule has 0 saturated carbocycles. The van der Waals surface area contributed by atoms with Gasteiger partial charge in [-0.2, -0.15) is 18.6 Å². The van der Waals surface area contributed by atoms with E-state index in [4.69, 9.17) is 178 Å². The van der Waals surface area contributed by atoms with Gasteiger partial charge < -0.3 is 64.1 Å². The van der Waals surface area contributed by atoms with Gasteiger partial charge in [-0.1, -0.05) is 77.0 Å². The summed E-state index contributed by atoms with van der Waals surface area (Å²) < 4.78 is 15.1. The van der Waals surface area contributed by atoms with E-state index < -0.39 is 10.2 Å². The summed E-state index contributed by atoms with van der Waals surface area (Å²) in [5, 5.41) is 41.5. The number of rotatable bonds is 0. The second-order valence-electron chi connectivity index (χ2n) is 9.67. The third-order valence-corrected chi connectivity index (χ3v) is 9.95. The summed E-state index contributed by atoms with van der Waals surface area (Å²) in [5.41, 5.74) is 0. The first-order valence-corrected chi connectivity index (χ1v) is 19.8. The van der Waals surface area contributed by atoms with E-state index in [1.165, 1.54) is 6.92 Å². The summed E-state index contributed by atoms with van der Waals surface area (Å²) in [5.74, 6) is 0. The average Bonchev–Trinajstić information content (AvgIpc) is 3.84. The van der Waals surface area contributed by atoms with Crippen molar-refractivity contribution in [2.45, 2.75) is 20.8 Å². The van der Waals surface area contributed by atoms with Crippen LogP contribution < -0.4 is 33.1 Å². The number of allylic oxidation sites excluding steroid dienone is 1. The molecule has 36 heteroatoms. The zero-order valence-electron chi connectivity index (χ0n) is 33.2. The Hall–Kier alpha value is 1.37. The van der Waals surface area contributed by atoms with Crippen LogP contribution in [0.3, 0.4) is 0 Å². The van der Waals surface area contributed by atoms with Crippen molar-refractivity contribution in [2.75, 3.05) is 33.5 Å². The van der Waals surface area contributed by atoms with E-state index in [2.05, 4.69) is 4.99 Å². The Bertz CT molecular complexity index is 1580. The number of nitriles is 1. The molecule has 0 bridgehead atoms. The van der Waals surface area contributed by atoms with Crippen LogP contribution in [0.15, 0.2) is 48.5 Å². The van der Waals surface area contributed by atoms with Gasteiger partial charge in [0.05, 0.1) is 49.7 Å². The minimum atomic E-state index is -1.75. The average molecular weight is 1640 g/mol. The predicted octanol–water partition coefficient (Wildman–Crippen LogP) is 6.47. The zero-order valence-corrected chi connectivity index (χ0v) is 50.3. The molecule has 3 aliphatic rings. The Labute approximate surface area is 509 Å². The van der Waals surface area contributed by atoms with Gasteiger partial charge in [0, 0.05) is 86.7 Å². The van der Waals surface area contributed by atoms with Crippen molar-refractivity contribution in [1.82, 2.24) is 28.7 Å². The van der Waals surface area contributed by atoms with E-state index in [0.29, 0.717) is 57.8 Å². The van der Waals surface area contributed by atoms with E-state index in [1.54, 1.807) is 71.2 Å². The van der Waals surface area contributed by atoms with Crippen molar-refractivity contribution < 1.29 is 140 Å². The molecule has 1 N–H and O–H groups in total. The zero-order chi connectivity index (χ0) is 47.9. The Kier molecular flexibility index (Phi) is 72.1. The summed E-state index contributed by atoms with van der Waals surface area (Å²) in [4.78, 5) is 27.3. The van der Waals surface area contributed by atoms with Crippen LogP contribution in [0.25, 0.3) is 0 Å². The van der Waals surface area contributed by atoms with Crippen molar-refractivity contribution >= 4 is 145 Å². The van der Waals surface area contributed by atoms with Gasteiger partial charge in [0.1, 0.15) is 25.8 Å². The first kappa shape index (κ1) is 88.3. The van der Waals surface area contributed by atoms with E-state index >= 15 is 0 Å². The Morgan fingerprint density at radius 2 is 0.938 bits per heavy atom. The van der Waals surface area contributed by atoms with Crippen LogP contribution in [0.1, 0.15) is 20.8 Å². The third kappa shape index (κ3) is 43.4. The molecule has 5 heterocycles. The van der Waals surface area contributed by atoms with E-state index in [9.17, 15) is 0 Å². The van der Waals surface area contributed by atoms with Crippen LogP contribution in [0.2, 0.25) is 20.6 Å². The number of aryl methyl sites for hydroxylation is 4. The van der Waals surface area contributed by atoms with E-state index in [0.717, 1.165) is 0 Å². The van der Waals surface area contributed by atoms with Gasteiger partial charge in [0.15, 0.2) is 0 Å². The Morgan fingerprint density at radius 1 is 0.734 bits per heavy atom. The van der Waals surface area contributed by atoms with Gasteiger partial charge in [0.2, 0.25) is 12.7 Å². The summed E-state index contributed by atoms with van der Waals surface area (Å²) in [6.07, 6.45) is 6.00. The number of imidazole rings is 2. The molecule has 0 aliphatic carbocycles. The Balaban J connectivity index is -0.0000000647. The Morgan fingerprint density at radius 3 is 0.984 bits per heavy atom. The molecular weight excluding hydrogens is 1600 g/mol. The molecule has 64 heavy (non-hydrogen) atoms. The number of alkyl halides is 2. The molecule has 2 aromatic rings. The van der Waals surface area contributed by atoms with E-state index in [-0.39, 0.29) is 104 Å². The fourth-order valence-corrected chi connectivity index (χ4v) is 4.65. The number of aliphatic imine (C=N–C) groups is 1. The summed E-state index contributed by atoms with van der Waals surface area (Å²) >= 11 is 67.8. The van der Waals surface area contributed by atoms with E-state index in [1.807, 2.05) is 82.4 Å². The molecule has 0 spiro atoms.